The average Bonchev–Trinajstić information content (AvgIpc) is 2.80. The summed E-state index contributed by atoms with van der Waals surface area (Å²) in [5.74, 6) is 0. The van der Waals surface area contributed by atoms with E-state index >= 15 is 0 Å². The summed E-state index contributed by atoms with van der Waals surface area (Å²) in [5.41, 5.74) is 2.76. The van der Waals surface area contributed by atoms with Crippen LogP contribution in [0.2, 0.25) is 0 Å². The Kier molecular flexibility index (Phi) is 3.75. The summed E-state index contributed by atoms with van der Waals surface area (Å²) in [6, 6.07) is 13.5. The summed E-state index contributed by atoms with van der Waals surface area (Å²) in [5, 5.41) is 4.83. The highest BCUT2D eigenvalue weighted by Gasteiger charge is 2.34. The maximum atomic E-state index is 4.83. The zero-order chi connectivity index (χ0) is 14.0. The van der Waals surface area contributed by atoms with Crippen LogP contribution in [-0.2, 0) is 6.42 Å². The lowest BCUT2D eigenvalue weighted by atomic mass is 9.83. The van der Waals surface area contributed by atoms with E-state index in [1.54, 1.807) is 0 Å². The van der Waals surface area contributed by atoms with Crippen molar-refractivity contribution in [2.24, 2.45) is 5.41 Å². The van der Waals surface area contributed by atoms with Crippen LogP contribution in [0, 0.1) is 5.41 Å². The molecule has 0 amide bonds. The molecule has 0 spiro atoms. The molecule has 1 aliphatic rings. The topological polar surface area (TPSA) is 24.9 Å². The Labute approximate surface area is 121 Å². The van der Waals surface area contributed by atoms with Gasteiger partial charge >= 0.3 is 0 Å². The average molecular weight is 268 g/mol. The van der Waals surface area contributed by atoms with E-state index in [0.29, 0.717) is 11.5 Å². The highest BCUT2D eigenvalue weighted by Crippen LogP contribution is 2.40. The molecule has 2 aromatic rings. The summed E-state index contributed by atoms with van der Waals surface area (Å²) < 4.78 is 0. The van der Waals surface area contributed by atoms with E-state index in [-0.39, 0.29) is 0 Å². The van der Waals surface area contributed by atoms with Crippen LogP contribution < -0.4 is 5.32 Å². The SMILES string of the molecule is CCNC1CCC(C)(Cc2ccc3ccccc3n2)C1. The van der Waals surface area contributed by atoms with Crippen molar-refractivity contribution in [3.63, 3.8) is 0 Å². The summed E-state index contributed by atoms with van der Waals surface area (Å²) in [6.07, 6.45) is 4.98. The zero-order valence-corrected chi connectivity index (χ0v) is 12.5. The largest absolute Gasteiger partial charge is 0.314 e. The second kappa shape index (κ2) is 5.53. The molecule has 3 rings (SSSR count). The number of nitrogens with zero attached hydrogens (tertiary/aromatic N) is 1. The Morgan fingerprint density at radius 3 is 2.95 bits per heavy atom. The predicted molar refractivity (Wildman–Crippen MR) is 84.9 cm³/mol. The summed E-state index contributed by atoms with van der Waals surface area (Å²) in [4.78, 5) is 4.83. The number of pyridine rings is 1. The van der Waals surface area contributed by atoms with Gasteiger partial charge in [-0.3, -0.25) is 4.98 Å². The molecule has 2 nitrogen and oxygen atoms in total. The van der Waals surface area contributed by atoms with Gasteiger partial charge in [0.05, 0.1) is 5.52 Å². The van der Waals surface area contributed by atoms with Gasteiger partial charge in [-0.2, -0.15) is 0 Å². The number of hydrogen-bond donors (Lipinski definition) is 1. The van der Waals surface area contributed by atoms with Crippen LogP contribution in [0.1, 0.15) is 38.8 Å². The molecular weight excluding hydrogens is 244 g/mol. The number of fused-ring (bicyclic) bond motifs is 1. The standard InChI is InChI=1S/C18H24N2/c1-3-19-15-10-11-18(2,12-15)13-16-9-8-14-6-4-5-7-17(14)20-16/h4-9,15,19H,3,10-13H2,1-2H3. The molecule has 1 N–H and O–H groups in total. The van der Waals surface area contributed by atoms with Gasteiger partial charge in [0, 0.05) is 17.1 Å². The number of aromatic nitrogens is 1. The van der Waals surface area contributed by atoms with Crippen LogP contribution in [0.25, 0.3) is 10.9 Å². The van der Waals surface area contributed by atoms with Crippen LogP contribution in [0.5, 0.6) is 0 Å². The lowest BCUT2D eigenvalue weighted by molar-refractivity contribution is 0.320. The second-order valence-corrected chi connectivity index (χ2v) is 6.48. The van der Waals surface area contributed by atoms with Gasteiger partial charge in [0.15, 0.2) is 0 Å². The van der Waals surface area contributed by atoms with E-state index in [1.165, 1.54) is 30.3 Å². The molecular formula is C18H24N2. The monoisotopic (exact) mass is 268 g/mol. The van der Waals surface area contributed by atoms with E-state index < -0.39 is 0 Å². The fraction of sp³-hybridized carbons (Fsp3) is 0.500. The van der Waals surface area contributed by atoms with Crippen LogP contribution in [0.4, 0.5) is 0 Å². The zero-order valence-electron chi connectivity index (χ0n) is 12.5. The first-order valence-corrected chi connectivity index (χ1v) is 7.77. The van der Waals surface area contributed by atoms with E-state index in [2.05, 4.69) is 55.6 Å². The Balaban J connectivity index is 1.76. The van der Waals surface area contributed by atoms with Crippen molar-refractivity contribution >= 4 is 10.9 Å². The van der Waals surface area contributed by atoms with Crippen molar-refractivity contribution in [3.8, 4) is 0 Å². The number of benzene rings is 1. The van der Waals surface area contributed by atoms with Crippen molar-refractivity contribution in [3.05, 3.63) is 42.1 Å². The molecule has 1 aromatic carbocycles. The molecule has 1 fully saturated rings. The molecule has 106 valence electrons. The molecule has 1 aromatic heterocycles. The van der Waals surface area contributed by atoms with Gasteiger partial charge in [0.25, 0.3) is 0 Å². The Morgan fingerprint density at radius 2 is 2.10 bits per heavy atom. The number of para-hydroxylation sites is 1. The number of hydrogen-bond acceptors (Lipinski definition) is 2. The summed E-state index contributed by atoms with van der Waals surface area (Å²) >= 11 is 0. The minimum atomic E-state index is 0.405. The van der Waals surface area contributed by atoms with Crippen molar-refractivity contribution in [2.45, 2.75) is 45.6 Å². The van der Waals surface area contributed by atoms with Crippen molar-refractivity contribution in [2.75, 3.05) is 6.54 Å². The quantitative estimate of drug-likeness (QED) is 0.908. The highest BCUT2D eigenvalue weighted by molar-refractivity contribution is 5.78. The van der Waals surface area contributed by atoms with E-state index in [9.17, 15) is 0 Å². The molecule has 1 saturated carbocycles. The third-order valence-electron chi connectivity index (χ3n) is 4.59. The van der Waals surface area contributed by atoms with Gasteiger partial charge in [0.2, 0.25) is 0 Å². The van der Waals surface area contributed by atoms with Gasteiger partial charge in [-0.1, -0.05) is 38.1 Å². The van der Waals surface area contributed by atoms with Crippen LogP contribution in [0.15, 0.2) is 36.4 Å². The molecule has 0 bridgehead atoms. The summed E-state index contributed by atoms with van der Waals surface area (Å²) in [7, 11) is 0. The maximum absolute atomic E-state index is 4.83. The lowest BCUT2D eigenvalue weighted by Gasteiger charge is -2.24. The van der Waals surface area contributed by atoms with Crippen molar-refractivity contribution < 1.29 is 0 Å². The molecule has 0 radical (unpaired) electrons. The number of nitrogens with one attached hydrogen (secondary N) is 1. The molecule has 0 saturated heterocycles. The van der Waals surface area contributed by atoms with Crippen LogP contribution in [0.3, 0.4) is 0 Å². The van der Waals surface area contributed by atoms with Crippen LogP contribution >= 0.6 is 0 Å². The van der Waals surface area contributed by atoms with Crippen molar-refractivity contribution in [1.29, 1.82) is 0 Å². The van der Waals surface area contributed by atoms with E-state index in [0.717, 1.165) is 18.5 Å². The third-order valence-corrected chi connectivity index (χ3v) is 4.59. The normalized spacial score (nSPS) is 26.2. The first kappa shape index (κ1) is 13.6. The van der Waals surface area contributed by atoms with Gasteiger partial charge in [-0.05, 0) is 49.8 Å². The van der Waals surface area contributed by atoms with Gasteiger partial charge < -0.3 is 5.32 Å². The maximum Gasteiger partial charge on any atom is 0.0705 e. The third kappa shape index (κ3) is 2.85. The van der Waals surface area contributed by atoms with E-state index in [4.69, 9.17) is 4.98 Å². The molecule has 1 heterocycles. The molecule has 2 unspecified atom stereocenters. The van der Waals surface area contributed by atoms with Crippen molar-refractivity contribution in [1.82, 2.24) is 10.3 Å². The fourth-order valence-electron chi connectivity index (χ4n) is 3.59. The Morgan fingerprint density at radius 1 is 1.25 bits per heavy atom. The first-order chi connectivity index (χ1) is 9.68. The molecule has 0 aliphatic heterocycles. The lowest BCUT2D eigenvalue weighted by Crippen LogP contribution is -2.28. The second-order valence-electron chi connectivity index (χ2n) is 6.48. The number of rotatable bonds is 4. The van der Waals surface area contributed by atoms with Crippen LogP contribution in [-0.4, -0.2) is 17.6 Å². The predicted octanol–water partition coefficient (Wildman–Crippen LogP) is 3.95. The highest BCUT2D eigenvalue weighted by atomic mass is 14.9. The summed E-state index contributed by atoms with van der Waals surface area (Å²) in [6.45, 7) is 5.69. The minimum Gasteiger partial charge on any atom is -0.314 e. The smallest absolute Gasteiger partial charge is 0.0705 e. The minimum absolute atomic E-state index is 0.405. The Bertz CT molecular complexity index is 593. The Hall–Kier alpha value is -1.41. The fourth-order valence-corrected chi connectivity index (χ4v) is 3.59. The van der Waals surface area contributed by atoms with Gasteiger partial charge in [-0.25, -0.2) is 0 Å². The molecule has 1 aliphatic carbocycles. The van der Waals surface area contributed by atoms with E-state index in [1.807, 2.05) is 0 Å². The van der Waals surface area contributed by atoms with Gasteiger partial charge in [0.1, 0.15) is 0 Å². The molecule has 2 atom stereocenters. The molecule has 20 heavy (non-hydrogen) atoms. The van der Waals surface area contributed by atoms with Gasteiger partial charge in [-0.15, -0.1) is 0 Å². The molecule has 2 heteroatoms. The first-order valence-electron chi connectivity index (χ1n) is 7.77.